The molecule has 21 heavy (non-hydrogen) atoms. The van der Waals surface area contributed by atoms with Gasteiger partial charge >= 0.3 is 0 Å². The van der Waals surface area contributed by atoms with E-state index in [2.05, 4.69) is 91.0 Å². The van der Waals surface area contributed by atoms with Crippen molar-refractivity contribution in [1.29, 1.82) is 0 Å². The van der Waals surface area contributed by atoms with E-state index in [1.54, 1.807) is 0 Å². The lowest BCUT2D eigenvalue weighted by Crippen LogP contribution is -2.06. The summed E-state index contributed by atoms with van der Waals surface area (Å²) < 4.78 is 0. The molecule has 0 bridgehead atoms. The molecule has 1 radical (unpaired) electrons. The van der Waals surface area contributed by atoms with Gasteiger partial charge in [-0.2, -0.15) is 0 Å². The highest BCUT2D eigenvalue weighted by molar-refractivity contribution is 5.27. The second-order valence-electron chi connectivity index (χ2n) is 5.49. The molecule has 0 atom stereocenters. The quantitative estimate of drug-likeness (QED) is 0.586. The number of benzene rings is 3. The third-order valence-corrected chi connectivity index (χ3v) is 3.92. The van der Waals surface area contributed by atoms with Gasteiger partial charge in [-0.25, -0.2) is 0 Å². The summed E-state index contributed by atoms with van der Waals surface area (Å²) in [7, 11) is 0. The van der Waals surface area contributed by atoms with Gasteiger partial charge < -0.3 is 0 Å². The molecule has 0 N–H and O–H groups in total. The van der Waals surface area contributed by atoms with Crippen LogP contribution in [0.25, 0.3) is 0 Å². The highest BCUT2D eigenvalue weighted by atomic mass is 14.2. The molecule has 0 unspecified atom stereocenters. The van der Waals surface area contributed by atoms with Crippen molar-refractivity contribution >= 4 is 0 Å². The summed E-state index contributed by atoms with van der Waals surface area (Å²) in [5.41, 5.74) is 4.23. The molecule has 0 aromatic heterocycles. The average Bonchev–Trinajstić information content (AvgIpc) is 2.57. The van der Waals surface area contributed by atoms with E-state index in [0.29, 0.717) is 5.92 Å². The molecular formula is C21H21. The molecule has 0 fully saturated rings. The van der Waals surface area contributed by atoms with Crippen LogP contribution in [0.3, 0.4) is 0 Å². The lowest BCUT2D eigenvalue weighted by atomic mass is 9.87. The van der Waals surface area contributed by atoms with Crippen LogP contribution in [-0.4, -0.2) is 0 Å². The van der Waals surface area contributed by atoms with Gasteiger partial charge in [-0.05, 0) is 35.4 Å². The van der Waals surface area contributed by atoms with Crippen LogP contribution in [-0.2, 0) is 12.8 Å². The zero-order chi connectivity index (χ0) is 14.3. The Labute approximate surface area is 128 Å². The summed E-state index contributed by atoms with van der Waals surface area (Å²) in [6, 6.07) is 32.4. The fraction of sp³-hybridized carbons (Fsp3) is 0.143. The van der Waals surface area contributed by atoms with Crippen molar-refractivity contribution in [2.45, 2.75) is 18.8 Å². The topological polar surface area (TPSA) is 0 Å². The Balaban J connectivity index is 0.00000176. The van der Waals surface area contributed by atoms with Crippen molar-refractivity contribution in [3.8, 4) is 0 Å². The number of hydrogen-bond acceptors (Lipinski definition) is 0. The van der Waals surface area contributed by atoms with Gasteiger partial charge in [0.25, 0.3) is 0 Å². The summed E-state index contributed by atoms with van der Waals surface area (Å²) in [5.74, 6) is 0.524. The van der Waals surface area contributed by atoms with E-state index in [1.165, 1.54) is 16.7 Å². The van der Waals surface area contributed by atoms with Crippen molar-refractivity contribution in [3.05, 3.63) is 108 Å². The molecule has 0 aliphatic heterocycles. The van der Waals surface area contributed by atoms with Gasteiger partial charge in [-0.1, -0.05) is 91.0 Å². The summed E-state index contributed by atoms with van der Waals surface area (Å²) in [6.07, 6.45) is 2.17. The molecule has 0 heteroatoms. The molecule has 3 aromatic carbocycles. The monoisotopic (exact) mass is 273 g/mol. The largest absolute Gasteiger partial charge is 0.0622 e. The minimum absolute atomic E-state index is 0. The second kappa shape index (κ2) is 6.90. The molecule has 0 aliphatic rings. The fourth-order valence-electron chi connectivity index (χ4n) is 2.83. The Morgan fingerprint density at radius 1 is 0.524 bits per heavy atom. The van der Waals surface area contributed by atoms with E-state index in [4.69, 9.17) is 0 Å². The molecular weight excluding hydrogens is 252 g/mol. The minimum Gasteiger partial charge on any atom is -0.0622 e. The van der Waals surface area contributed by atoms with Crippen LogP contribution in [0.5, 0.6) is 0 Å². The van der Waals surface area contributed by atoms with E-state index >= 15 is 0 Å². The summed E-state index contributed by atoms with van der Waals surface area (Å²) in [6.45, 7) is 0. The Bertz CT molecular complexity index is 606. The van der Waals surface area contributed by atoms with Crippen molar-refractivity contribution in [3.63, 3.8) is 0 Å². The highest BCUT2D eigenvalue weighted by Crippen LogP contribution is 2.25. The number of rotatable bonds is 5. The van der Waals surface area contributed by atoms with Gasteiger partial charge in [0.2, 0.25) is 0 Å². The first kappa shape index (κ1) is 13.6. The molecule has 3 rings (SSSR count). The maximum Gasteiger partial charge on any atom is 0 e. The summed E-state index contributed by atoms with van der Waals surface area (Å²) >= 11 is 0. The first-order valence-electron chi connectivity index (χ1n) is 7.54. The third kappa shape index (κ3) is 3.82. The molecule has 0 saturated heterocycles. The first-order valence-corrected chi connectivity index (χ1v) is 7.54. The van der Waals surface area contributed by atoms with Crippen LogP contribution in [0.4, 0.5) is 0 Å². The summed E-state index contributed by atoms with van der Waals surface area (Å²) in [4.78, 5) is 0. The van der Waals surface area contributed by atoms with Crippen molar-refractivity contribution in [1.82, 2.24) is 0 Å². The van der Waals surface area contributed by atoms with Gasteiger partial charge in [-0.15, -0.1) is 0 Å². The van der Waals surface area contributed by atoms with Gasteiger partial charge in [-0.3, -0.25) is 0 Å². The molecule has 0 heterocycles. The summed E-state index contributed by atoms with van der Waals surface area (Å²) in [5, 5.41) is 0. The molecule has 0 aliphatic carbocycles. The number of hydrogen-bond donors (Lipinski definition) is 0. The van der Waals surface area contributed by atoms with Crippen molar-refractivity contribution in [2.75, 3.05) is 0 Å². The van der Waals surface area contributed by atoms with Crippen LogP contribution in [0.15, 0.2) is 91.0 Å². The van der Waals surface area contributed by atoms with E-state index in [-0.39, 0.29) is 1.43 Å². The van der Waals surface area contributed by atoms with Crippen LogP contribution in [0.2, 0.25) is 0 Å². The zero-order valence-corrected chi connectivity index (χ0v) is 12.2. The lowest BCUT2D eigenvalue weighted by Gasteiger charge is -2.18. The van der Waals surface area contributed by atoms with Crippen molar-refractivity contribution < 1.29 is 1.43 Å². The smallest absolute Gasteiger partial charge is 0 e. The SMILES string of the molecule is [H].c1ccc(CC(Cc2ccccc2)c2ccccc2)cc1. The third-order valence-electron chi connectivity index (χ3n) is 3.92. The van der Waals surface area contributed by atoms with Crippen LogP contribution in [0.1, 0.15) is 24.0 Å². The lowest BCUT2D eigenvalue weighted by molar-refractivity contribution is 0.680. The molecule has 105 valence electrons. The Hall–Kier alpha value is -2.34. The van der Waals surface area contributed by atoms with Gasteiger partial charge in [0, 0.05) is 1.43 Å². The predicted octanol–water partition coefficient (Wildman–Crippen LogP) is 5.37. The van der Waals surface area contributed by atoms with Crippen LogP contribution < -0.4 is 0 Å². The van der Waals surface area contributed by atoms with Gasteiger partial charge in [0.05, 0.1) is 0 Å². The standard InChI is InChI=1S/C21H20.H/c1-4-10-18(11-5-1)16-21(20-14-8-3-9-15-20)17-19-12-6-2-7-13-19;/h1-15,21H,16-17H2;. The van der Waals surface area contributed by atoms with E-state index in [9.17, 15) is 0 Å². The zero-order valence-electron chi connectivity index (χ0n) is 13.2. The van der Waals surface area contributed by atoms with E-state index in [0.717, 1.165) is 12.8 Å². The van der Waals surface area contributed by atoms with E-state index < -0.39 is 0 Å². The van der Waals surface area contributed by atoms with Crippen molar-refractivity contribution in [2.24, 2.45) is 0 Å². The van der Waals surface area contributed by atoms with Crippen LogP contribution in [0, 0.1) is 0 Å². The molecule has 0 spiro atoms. The normalized spacial score (nSPS) is 10.7. The predicted molar refractivity (Wildman–Crippen MR) is 90.6 cm³/mol. The maximum atomic E-state index is 2.25. The minimum atomic E-state index is 0. The fourth-order valence-corrected chi connectivity index (χ4v) is 2.83. The average molecular weight is 273 g/mol. The highest BCUT2D eigenvalue weighted by Gasteiger charge is 2.13. The molecule has 0 nitrogen and oxygen atoms in total. The Morgan fingerprint density at radius 2 is 0.905 bits per heavy atom. The van der Waals surface area contributed by atoms with Crippen LogP contribution >= 0.6 is 0 Å². The maximum absolute atomic E-state index is 2.25. The molecule has 0 saturated carbocycles. The second-order valence-corrected chi connectivity index (χ2v) is 5.49. The van der Waals surface area contributed by atoms with Gasteiger partial charge in [0.1, 0.15) is 0 Å². The Kier molecular flexibility index (Phi) is 4.48. The first-order chi connectivity index (χ1) is 10.4. The van der Waals surface area contributed by atoms with E-state index in [1.807, 2.05) is 0 Å². The van der Waals surface area contributed by atoms with Gasteiger partial charge in [0.15, 0.2) is 0 Å². The Morgan fingerprint density at radius 3 is 1.33 bits per heavy atom. The molecule has 0 amide bonds. The molecule has 3 aromatic rings.